The van der Waals surface area contributed by atoms with Crippen LogP contribution >= 0.6 is 0 Å². The van der Waals surface area contributed by atoms with Gasteiger partial charge in [-0.05, 0) is 63.8 Å². The Kier molecular flexibility index (Phi) is 7.91. The first-order chi connectivity index (χ1) is 14.8. The Morgan fingerprint density at radius 2 is 1.68 bits per heavy atom. The highest BCUT2D eigenvalue weighted by atomic mass is 16.6. The molecule has 0 spiro atoms. The van der Waals surface area contributed by atoms with Gasteiger partial charge in [0.15, 0.2) is 0 Å². The Labute approximate surface area is 186 Å². The van der Waals surface area contributed by atoms with Crippen molar-refractivity contribution in [2.45, 2.75) is 52.7 Å². The number of hydrogen-bond donors (Lipinski definition) is 0. The van der Waals surface area contributed by atoms with Gasteiger partial charge >= 0.3 is 6.09 Å². The fourth-order valence-corrected chi connectivity index (χ4v) is 3.49. The van der Waals surface area contributed by atoms with Gasteiger partial charge in [-0.3, -0.25) is 9.88 Å². The predicted octanol–water partition coefficient (Wildman–Crippen LogP) is 4.45. The predicted molar refractivity (Wildman–Crippen MR) is 122 cm³/mol. The van der Waals surface area contributed by atoms with Gasteiger partial charge in [-0.25, -0.2) is 4.79 Å². The highest BCUT2D eigenvalue weighted by Crippen LogP contribution is 2.15. The first-order valence-electron chi connectivity index (χ1n) is 11.1. The minimum Gasteiger partial charge on any atom is -0.492 e. The molecule has 0 unspecified atom stereocenters. The molecule has 1 aromatic heterocycles. The molecule has 1 aliphatic heterocycles. The fourth-order valence-electron chi connectivity index (χ4n) is 3.49. The Morgan fingerprint density at radius 3 is 2.29 bits per heavy atom. The molecule has 6 heteroatoms. The average Bonchev–Trinajstić information content (AvgIpc) is 2.73. The van der Waals surface area contributed by atoms with Crippen LogP contribution in [0.2, 0.25) is 0 Å². The van der Waals surface area contributed by atoms with Crippen molar-refractivity contribution in [1.82, 2.24) is 14.8 Å². The molecule has 1 aromatic carbocycles. The van der Waals surface area contributed by atoms with E-state index in [4.69, 9.17) is 9.47 Å². The van der Waals surface area contributed by atoms with Gasteiger partial charge in [0.1, 0.15) is 11.4 Å². The Hall–Kier alpha value is -2.60. The molecule has 0 radical (unpaired) electrons. The van der Waals surface area contributed by atoms with Crippen LogP contribution in [0.3, 0.4) is 0 Å². The van der Waals surface area contributed by atoms with Crippen molar-refractivity contribution in [3.8, 4) is 5.75 Å². The third kappa shape index (κ3) is 7.87. The minimum absolute atomic E-state index is 0.209. The zero-order chi connectivity index (χ0) is 22.3. The lowest BCUT2D eigenvalue weighted by atomic mass is 10.1. The summed E-state index contributed by atoms with van der Waals surface area (Å²) < 4.78 is 11.2. The molecule has 1 amide bonds. The van der Waals surface area contributed by atoms with Gasteiger partial charge in [0.25, 0.3) is 0 Å². The van der Waals surface area contributed by atoms with Crippen LogP contribution in [0.25, 0.3) is 0 Å². The lowest BCUT2D eigenvalue weighted by molar-refractivity contribution is 0.0139. The van der Waals surface area contributed by atoms with E-state index in [0.717, 1.165) is 43.9 Å². The molecule has 31 heavy (non-hydrogen) atoms. The van der Waals surface area contributed by atoms with Crippen LogP contribution in [0.1, 0.15) is 44.0 Å². The molecule has 6 nitrogen and oxygen atoms in total. The number of hydrogen-bond acceptors (Lipinski definition) is 5. The highest BCUT2D eigenvalue weighted by Gasteiger charge is 2.25. The van der Waals surface area contributed by atoms with Crippen molar-refractivity contribution in [3.63, 3.8) is 0 Å². The first-order valence-corrected chi connectivity index (χ1v) is 11.1. The number of pyridine rings is 1. The van der Waals surface area contributed by atoms with E-state index in [9.17, 15) is 4.79 Å². The van der Waals surface area contributed by atoms with Crippen LogP contribution < -0.4 is 4.74 Å². The lowest BCUT2D eigenvalue weighted by Crippen LogP contribution is -2.49. The molecule has 0 aliphatic carbocycles. The maximum Gasteiger partial charge on any atom is 0.410 e. The van der Waals surface area contributed by atoms with E-state index in [2.05, 4.69) is 34.1 Å². The smallest absolute Gasteiger partial charge is 0.410 e. The standard InChI is InChI=1S/C25H35N3O3/c1-20-7-12-23(18-26-20)30-17-5-6-21-8-10-22(11-9-21)19-27-13-15-28(16-14-27)24(29)31-25(2,3)4/h7-12,18H,5-6,13-17,19H2,1-4H3. The van der Waals surface area contributed by atoms with Crippen LogP contribution in [-0.4, -0.2) is 59.3 Å². The van der Waals surface area contributed by atoms with Gasteiger partial charge in [0.05, 0.1) is 12.8 Å². The topological polar surface area (TPSA) is 54.9 Å². The van der Waals surface area contributed by atoms with Gasteiger partial charge in [0, 0.05) is 38.4 Å². The summed E-state index contributed by atoms with van der Waals surface area (Å²) >= 11 is 0. The molecule has 0 saturated carbocycles. The fraction of sp³-hybridized carbons (Fsp3) is 0.520. The number of aromatic nitrogens is 1. The molecule has 2 aromatic rings. The summed E-state index contributed by atoms with van der Waals surface area (Å²) in [5.74, 6) is 0.827. The molecule has 0 atom stereocenters. The zero-order valence-corrected chi connectivity index (χ0v) is 19.3. The number of nitrogens with zero attached hydrogens (tertiary/aromatic N) is 3. The molecule has 1 saturated heterocycles. The third-order valence-corrected chi connectivity index (χ3v) is 5.22. The van der Waals surface area contributed by atoms with Crippen molar-refractivity contribution in [2.75, 3.05) is 32.8 Å². The maximum atomic E-state index is 12.2. The molecule has 168 valence electrons. The van der Waals surface area contributed by atoms with Crippen molar-refractivity contribution < 1.29 is 14.3 Å². The van der Waals surface area contributed by atoms with Crippen molar-refractivity contribution in [2.24, 2.45) is 0 Å². The van der Waals surface area contributed by atoms with Crippen LogP contribution in [0.15, 0.2) is 42.6 Å². The summed E-state index contributed by atoms with van der Waals surface area (Å²) in [4.78, 5) is 20.6. The summed E-state index contributed by atoms with van der Waals surface area (Å²) in [6.07, 6.45) is 3.53. The van der Waals surface area contributed by atoms with Crippen LogP contribution in [0.4, 0.5) is 4.79 Å². The van der Waals surface area contributed by atoms with E-state index in [1.807, 2.05) is 39.8 Å². The first kappa shape index (κ1) is 23.1. The van der Waals surface area contributed by atoms with Crippen LogP contribution in [0.5, 0.6) is 5.75 Å². The molecule has 1 fully saturated rings. The van der Waals surface area contributed by atoms with E-state index >= 15 is 0 Å². The number of carbonyl (C=O) groups is 1. The Balaban J connectivity index is 1.36. The molecule has 1 aliphatic rings. The molecular weight excluding hydrogens is 390 g/mol. The summed E-state index contributed by atoms with van der Waals surface area (Å²) in [6.45, 7) is 12.4. The largest absolute Gasteiger partial charge is 0.492 e. The Bertz CT molecular complexity index is 821. The third-order valence-electron chi connectivity index (χ3n) is 5.22. The summed E-state index contributed by atoms with van der Waals surface area (Å²) in [5.41, 5.74) is 3.18. The number of rotatable bonds is 7. The van der Waals surface area contributed by atoms with Crippen molar-refractivity contribution in [1.29, 1.82) is 0 Å². The Morgan fingerprint density at radius 1 is 1.00 bits per heavy atom. The van der Waals surface area contributed by atoms with E-state index < -0.39 is 5.60 Å². The number of aryl methyl sites for hydroxylation is 2. The van der Waals surface area contributed by atoms with Gasteiger partial charge in [-0.2, -0.15) is 0 Å². The van der Waals surface area contributed by atoms with Gasteiger partial charge in [-0.15, -0.1) is 0 Å². The molecular formula is C25H35N3O3. The molecule has 3 rings (SSSR count). The van der Waals surface area contributed by atoms with E-state index in [-0.39, 0.29) is 6.09 Å². The zero-order valence-electron chi connectivity index (χ0n) is 19.3. The number of amides is 1. The second kappa shape index (κ2) is 10.6. The number of carbonyl (C=O) groups excluding carboxylic acids is 1. The number of ether oxygens (including phenoxy) is 2. The summed E-state index contributed by atoms with van der Waals surface area (Å²) in [6, 6.07) is 12.8. The molecule has 0 N–H and O–H groups in total. The van der Waals surface area contributed by atoms with E-state index in [1.54, 1.807) is 11.1 Å². The van der Waals surface area contributed by atoms with Gasteiger partial charge < -0.3 is 14.4 Å². The summed E-state index contributed by atoms with van der Waals surface area (Å²) in [5, 5.41) is 0. The van der Waals surface area contributed by atoms with E-state index in [1.165, 1.54) is 11.1 Å². The van der Waals surface area contributed by atoms with Crippen LogP contribution in [-0.2, 0) is 17.7 Å². The SMILES string of the molecule is Cc1ccc(OCCCc2ccc(CN3CCN(C(=O)OC(C)(C)C)CC3)cc2)cn1. The van der Waals surface area contributed by atoms with E-state index in [0.29, 0.717) is 19.7 Å². The average molecular weight is 426 g/mol. The van der Waals surface area contributed by atoms with Gasteiger partial charge in [-0.1, -0.05) is 24.3 Å². The lowest BCUT2D eigenvalue weighted by Gasteiger charge is -2.35. The molecule has 2 heterocycles. The van der Waals surface area contributed by atoms with Gasteiger partial charge in [0.2, 0.25) is 0 Å². The van der Waals surface area contributed by atoms with Crippen LogP contribution in [0, 0.1) is 6.92 Å². The van der Waals surface area contributed by atoms with Crippen molar-refractivity contribution in [3.05, 3.63) is 59.4 Å². The maximum absolute atomic E-state index is 12.2. The summed E-state index contributed by atoms with van der Waals surface area (Å²) in [7, 11) is 0. The second-order valence-electron chi connectivity index (χ2n) is 9.15. The second-order valence-corrected chi connectivity index (χ2v) is 9.15. The normalized spacial score (nSPS) is 15.0. The monoisotopic (exact) mass is 425 g/mol. The quantitative estimate of drug-likeness (QED) is 0.613. The number of benzene rings is 1. The molecule has 0 bridgehead atoms. The highest BCUT2D eigenvalue weighted by molar-refractivity contribution is 5.68. The number of piperazine rings is 1. The van der Waals surface area contributed by atoms with Crippen molar-refractivity contribution >= 4 is 6.09 Å². The minimum atomic E-state index is -0.444.